The van der Waals surface area contributed by atoms with Crippen LogP contribution < -0.4 is 9.47 Å². The van der Waals surface area contributed by atoms with Crippen molar-refractivity contribution in [1.29, 1.82) is 0 Å². The first-order chi connectivity index (χ1) is 10.6. The summed E-state index contributed by atoms with van der Waals surface area (Å²) in [6.07, 6.45) is 3.95. The highest BCUT2D eigenvalue weighted by Crippen LogP contribution is 2.28. The largest absolute Gasteiger partial charge is 0.493 e. The topological polar surface area (TPSA) is 42.0 Å². The molecule has 0 aliphatic carbocycles. The summed E-state index contributed by atoms with van der Waals surface area (Å²) >= 11 is 0. The Hall–Kier alpha value is -2.01. The maximum absolute atomic E-state index is 12.2. The van der Waals surface area contributed by atoms with Gasteiger partial charge in [0.25, 0.3) is 5.91 Å². The molecule has 1 aliphatic heterocycles. The predicted octanol–water partition coefficient (Wildman–Crippen LogP) is 1.88. The van der Waals surface area contributed by atoms with E-state index in [0.717, 1.165) is 31.7 Å². The Labute approximate surface area is 132 Å². The Morgan fingerprint density at radius 2 is 1.95 bits per heavy atom. The molecule has 1 aromatic carbocycles. The van der Waals surface area contributed by atoms with Gasteiger partial charge < -0.3 is 19.3 Å². The van der Waals surface area contributed by atoms with Crippen LogP contribution >= 0.6 is 0 Å². The smallest absolute Gasteiger partial charge is 0.260 e. The average Bonchev–Trinajstić information content (AvgIpc) is 2.54. The van der Waals surface area contributed by atoms with Crippen LogP contribution in [0.4, 0.5) is 0 Å². The number of nitrogens with zero attached hydrogens (tertiary/aromatic N) is 2. The molecule has 0 bridgehead atoms. The van der Waals surface area contributed by atoms with Gasteiger partial charge in [0.2, 0.25) is 0 Å². The van der Waals surface area contributed by atoms with Crippen molar-refractivity contribution in [2.24, 2.45) is 0 Å². The lowest BCUT2D eigenvalue weighted by atomic mass is 10.2. The van der Waals surface area contributed by atoms with E-state index in [9.17, 15) is 4.79 Å². The number of benzene rings is 1. The SMILES string of the molecule is C/C=C/c1ccc(OCC(=O)N2CCN(C)CC2)c(OC)c1. The zero-order chi connectivity index (χ0) is 15.9. The first-order valence-electron chi connectivity index (χ1n) is 7.54. The lowest BCUT2D eigenvalue weighted by Crippen LogP contribution is -2.48. The summed E-state index contributed by atoms with van der Waals surface area (Å²) in [5.41, 5.74) is 1.04. The van der Waals surface area contributed by atoms with Gasteiger partial charge in [-0.05, 0) is 31.7 Å². The van der Waals surface area contributed by atoms with Crippen LogP contribution in [0.25, 0.3) is 6.08 Å². The minimum Gasteiger partial charge on any atom is -0.493 e. The summed E-state index contributed by atoms with van der Waals surface area (Å²) in [4.78, 5) is 16.2. The second-order valence-corrected chi connectivity index (χ2v) is 5.38. The molecule has 1 aliphatic rings. The molecule has 1 saturated heterocycles. The Morgan fingerprint density at radius 1 is 1.23 bits per heavy atom. The van der Waals surface area contributed by atoms with Gasteiger partial charge in [0.1, 0.15) is 0 Å². The van der Waals surface area contributed by atoms with Gasteiger partial charge >= 0.3 is 0 Å². The molecule has 1 fully saturated rings. The average molecular weight is 304 g/mol. The summed E-state index contributed by atoms with van der Waals surface area (Å²) in [6.45, 7) is 5.35. The van der Waals surface area contributed by atoms with Crippen molar-refractivity contribution < 1.29 is 14.3 Å². The van der Waals surface area contributed by atoms with E-state index >= 15 is 0 Å². The molecule has 22 heavy (non-hydrogen) atoms. The van der Waals surface area contributed by atoms with Crippen molar-refractivity contribution in [2.75, 3.05) is 46.9 Å². The summed E-state index contributed by atoms with van der Waals surface area (Å²) in [6, 6.07) is 5.68. The Kier molecular flexibility index (Phi) is 5.83. The normalized spacial score (nSPS) is 16.0. The highest BCUT2D eigenvalue weighted by molar-refractivity contribution is 5.78. The van der Waals surface area contributed by atoms with Crippen LogP contribution in [-0.4, -0.2) is 62.7 Å². The molecule has 0 unspecified atom stereocenters. The highest BCUT2D eigenvalue weighted by Gasteiger charge is 2.19. The van der Waals surface area contributed by atoms with Gasteiger partial charge in [-0.3, -0.25) is 4.79 Å². The van der Waals surface area contributed by atoms with Crippen LogP contribution in [0.1, 0.15) is 12.5 Å². The molecule has 5 heteroatoms. The van der Waals surface area contributed by atoms with Crippen molar-refractivity contribution in [3.8, 4) is 11.5 Å². The van der Waals surface area contributed by atoms with E-state index in [0.29, 0.717) is 11.5 Å². The van der Waals surface area contributed by atoms with Crippen LogP contribution in [-0.2, 0) is 4.79 Å². The minimum atomic E-state index is 0.0210. The van der Waals surface area contributed by atoms with Gasteiger partial charge in [-0.15, -0.1) is 0 Å². The van der Waals surface area contributed by atoms with E-state index in [2.05, 4.69) is 11.9 Å². The number of hydrogen-bond donors (Lipinski definition) is 0. The van der Waals surface area contributed by atoms with Crippen LogP contribution in [0, 0.1) is 0 Å². The maximum atomic E-state index is 12.2. The van der Waals surface area contributed by atoms with E-state index < -0.39 is 0 Å². The maximum Gasteiger partial charge on any atom is 0.260 e. The molecule has 0 spiro atoms. The monoisotopic (exact) mass is 304 g/mol. The van der Waals surface area contributed by atoms with E-state index in [4.69, 9.17) is 9.47 Å². The molecule has 0 atom stereocenters. The number of allylic oxidation sites excluding steroid dienone is 1. The first-order valence-corrected chi connectivity index (χ1v) is 7.54. The van der Waals surface area contributed by atoms with Crippen LogP contribution in [0.5, 0.6) is 11.5 Å². The molecule has 0 saturated carbocycles. The van der Waals surface area contributed by atoms with Crippen molar-refractivity contribution in [1.82, 2.24) is 9.80 Å². The fourth-order valence-corrected chi connectivity index (χ4v) is 2.39. The third-order valence-electron chi connectivity index (χ3n) is 3.75. The standard InChI is InChI=1S/C17H24N2O3/c1-4-5-14-6-7-15(16(12-14)21-3)22-13-17(20)19-10-8-18(2)9-11-19/h4-7,12H,8-11,13H2,1-3H3/b5-4+. The third kappa shape index (κ3) is 4.24. The molecule has 120 valence electrons. The Morgan fingerprint density at radius 3 is 2.59 bits per heavy atom. The number of ether oxygens (including phenoxy) is 2. The summed E-state index contributed by atoms with van der Waals surface area (Å²) in [5, 5.41) is 0. The van der Waals surface area contributed by atoms with E-state index in [-0.39, 0.29) is 12.5 Å². The summed E-state index contributed by atoms with van der Waals surface area (Å²) in [5.74, 6) is 1.26. The lowest BCUT2D eigenvalue weighted by molar-refractivity contribution is -0.134. The number of methoxy groups -OCH3 is 1. The zero-order valence-corrected chi connectivity index (χ0v) is 13.5. The Balaban J connectivity index is 1.94. The zero-order valence-electron chi connectivity index (χ0n) is 13.5. The van der Waals surface area contributed by atoms with Gasteiger partial charge in [0, 0.05) is 26.2 Å². The van der Waals surface area contributed by atoms with Crippen molar-refractivity contribution in [2.45, 2.75) is 6.92 Å². The molecule has 5 nitrogen and oxygen atoms in total. The number of carbonyl (C=O) groups is 1. The third-order valence-corrected chi connectivity index (χ3v) is 3.75. The second kappa shape index (κ2) is 7.84. The van der Waals surface area contributed by atoms with Crippen LogP contribution in [0.15, 0.2) is 24.3 Å². The summed E-state index contributed by atoms with van der Waals surface area (Å²) in [7, 11) is 3.67. The van der Waals surface area contributed by atoms with Gasteiger partial charge in [-0.25, -0.2) is 0 Å². The number of hydrogen-bond acceptors (Lipinski definition) is 4. The highest BCUT2D eigenvalue weighted by atomic mass is 16.5. The molecule has 1 aromatic rings. The van der Waals surface area contributed by atoms with E-state index in [1.54, 1.807) is 7.11 Å². The number of carbonyl (C=O) groups excluding carboxylic acids is 1. The van der Waals surface area contributed by atoms with Gasteiger partial charge in [0.15, 0.2) is 18.1 Å². The number of amides is 1. The fraction of sp³-hybridized carbons (Fsp3) is 0.471. The van der Waals surface area contributed by atoms with Gasteiger partial charge in [-0.2, -0.15) is 0 Å². The number of rotatable bonds is 5. The van der Waals surface area contributed by atoms with Crippen LogP contribution in [0.3, 0.4) is 0 Å². The number of likely N-dealkylation sites (N-methyl/N-ethyl adjacent to an activating group) is 1. The fourth-order valence-electron chi connectivity index (χ4n) is 2.39. The molecule has 1 heterocycles. The van der Waals surface area contributed by atoms with Gasteiger partial charge in [-0.1, -0.05) is 18.2 Å². The van der Waals surface area contributed by atoms with E-state index in [1.165, 1.54) is 0 Å². The van der Waals surface area contributed by atoms with Gasteiger partial charge in [0.05, 0.1) is 7.11 Å². The molecular formula is C17H24N2O3. The molecule has 0 N–H and O–H groups in total. The van der Waals surface area contributed by atoms with Crippen molar-refractivity contribution in [3.63, 3.8) is 0 Å². The van der Waals surface area contributed by atoms with Crippen molar-refractivity contribution in [3.05, 3.63) is 29.8 Å². The number of piperazine rings is 1. The quantitative estimate of drug-likeness (QED) is 0.833. The first kappa shape index (κ1) is 16.4. The predicted molar refractivity (Wildman–Crippen MR) is 87.3 cm³/mol. The van der Waals surface area contributed by atoms with E-state index in [1.807, 2.05) is 42.2 Å². The summed E-state index contributed by atoms with van der Waals surface area (Å²) < 4.78 is 11.0. The van der Waals surface area contributed by atoms with Crippen LogP contribution in [0.2, 0.25) is 0 Å². The Bertz CT molecular complexity index is 535. The van der Waals surface area contributed by atoms with Crippen molar-refractivity contribution >= 4 is 12.0 Å². The lowest BCUT2D eigenvalue weighted by Gasteiger charge is -2.32. The molecular weight excluding hydrogens is 280 g/mol. The second-order valence-electron chi connectivity index (χ2n) is 5.38. The minimum absolute atomic E-state index is 0.0210. The molecule has 0 radical (unpaired) electrons. The molecule has 0 aromatic heterocycles. The molecule has 2 rings (SSSR count). The molecule has 1 amide bonds.